The van der Waals surface area contributed by atoms with E-state index in [4.69, 9.17) is 4.74 Å². The van der Waals surface area contributed by atoms with Crippen LogP contribution in [0.2, 0.25) is 0 Å². The zero-order valence-electron chi connectivity index (χ0n) is 14.0. The topological polar surface area (TPSA) is 71.5 Å². The van der Waals surface area contributed by atoms with E-state index in [0.717, 1.165) is 31.7 Å². The lowest BCUT2D eigenvalue weighted by atomic mass is 9.90. The first-order valence-corrected chi connectivity index (χ1v) is 8.61. The summed E-state index contributed by atoms with van der Waals surface area (Å²) in [6.07, 6.45) is 8.75. The Morgan fingerprint density at radius 2 is 2.08 bits per heavy atom. The average Bonchev–Trinajstić information content (AvgIpc) is 2.69. The van der Waals surface area contributed by atoms with Crippen LogP contribution in [0.25, 0.3) is 0 Å². The summed E-state index contributed by atoms with van der Waals surface area (Å²) in [5.74, 6) is 0.832. The van der Waals surface area contributed by atoms with E-state index >= 15 is 0 Å². The summed E-state index contributed by atoms with van der Waals surface area (Å²) in [5, 5.41) is 0. The van der Waals surface area contributed by atoms with Crippen LogP contribution in [0, 0.1) is 0 Å². The first kappa shape index (κ1) is 16.0. The number of pyridine rings is 1. The number of piperidine rings is 1. The summed E-state index contributed by atoms with van der Waals surface area (Å²) in [5.41, 5.74) is 0.138. The maximum Gasteiger partial charge on any atom is 0.272 e. The predicted octanol–water partition coefficient (Wildman–Crippen LogP) is 1.38. The fourth-order valence-corrected chi connectivity index (χ4v) is 3.66. The number of carbonyl (C=O) groups is 1. The van der Waals surface area contributed by atoms with E-state index in [1.165, 1.54) is 0 Å². The Labute approximate surface area is 146 Å². The van der Waals surface area contributed by atoms with E-state index < -0.39 is 0 Å². The molecule has 2 aromatic rings. The molecule has 0 saturated carbocycles. The number of ether oxygens (including phenoxy) is 1. The van der Waals surface area contributed by atoms with Crippen LogP contribution in [0.5, 0.6) is 0 Å². The summed E-state index contributed by atoms with van der Waals surface area (Å²) in [4.78, 5) is 29.6. The van der Waals surface area contributed by atoms with Crippen molar-refractivity contribution in [1.29, 1.82) is 0 Å². The number of hydrogen-bond donors (Lipinski definition) is 0. The van der Waals surface area contributed by atoms with Crippen LogP contribution in [-0.2, 0) is 4.74 Å². The highest BCUT2D eigenvalue weighted by Gasteiger charge is 2.42. The van der Waals surface area contributed by atoms with Crippen LogP contribution >= 0.6 is 0 Å². The summed E-state index contributed by atoms with van der Waals surface area (Å²) in [6.45, 7) is 3.38. The largest absolute Gasteiger partial charge is 0.369 e. The zero-order valence-corrected chi connectivity index (χ0v) is 14.0. The van der Waals surface area contributed by atoms with Crippen LogP contribution in [0.15, 0.2) is 43.0 Å². The molecule has 0 radical (unpaired) electrons. The van der Waals surface area contributed by atoms with Crippen molar-refractivity contribution in [2.45, 2.75) is 18.4 Å². The number of anilines is 1. The molecule has 0 N–H and O–H groups in total. The molecule has 1 spiro atoms. The van der Waals surface area contributed by atoms with Gasteiger partial charge in [0, 0.05) is 31.7 Å². The van der Waals surface area contributed by atoms with Crippen molar-refractivity contribution >= 4 is 11.7 Å². The Morgan fingerprint density at radius 3 is 2.88 bits per heavy atom. The first-order valence-electron chi connectivity index (χ1n) is 8.61. The second-order valence-electron chi connectivity index (χ2n) is 6.56. The summed E-state index contributed by atoms with van der Waals surface area (Å²) < 4.78 is 6.17. The van der Waals surface area contributed by atoms with Crippen LogP contribution in [0.1, 0.15) is 23.3 Å². The van der Waals surface area contributed by atoms with Gasteiger partial charge in [0.05, 0.1) is 25.9 Å². The molecule has 2 aliphatic rings. The standard InChI is InChI=1S/C18H21N5O2/c24-17(15-4-1-2-6-20-15)23-10-11-25-18(14-23)5-3-9-22(13-18)16-12-19-7-8-21-16/h1-2,4,6-8,12H,3,5,9-11,13-14H2/t18-/m1/s1. The number of amides is 1. The lowest BCUT2D eigenvalue weighted by molar-refractivity contribution is -0.105. The first-order chi connectivity index (χ1) is 12.3. The van der Waals surface area contributed by atoms with Gasteiger partial charge in [0.25, 0.3) is 5.91 Å². The fraction of sp³-hybridized carbons (Fsp3) is 0.444. The third kappa shape index (κ3) is 3.32. The minimum absolute atomic E-state index is 0.0279. The highest BCUT2D eigenvalue weighted by Crippen LogP contribution is 2.31. The van der Waals surface area contributed by atoms with Gasteiger partial charge in [-0.3, -0.25) is 14.8 Å². The van der Waals surface area contributed by atoms with Crippen molar-refractivity contribution in [2.75, 3.05) is 37.7 Å². The summed E-state index contributed by atoms with van der Waals surface area (Å²) in [6, 6.07) is 5.42. The second-order valence-corrected chi connectivity index (χ2v) is 6.56. The molecule has 0 bridgehead atoms. The highest BCUT2D eigenvalue weighted by atomic mass is 16.5. The summed E-state index contributed by atoms with van der Waals surface area (Å²) >= 11 is 0. The molecule has 7 heteroatoms. The van der Waals surface area contributed by atoms with Gasteiger partial charge in [-0.15, -0.1) is 0 Å². The number of carbonyl (C=O) groups excluding carboxylic acids is 1. The van der Waals surface area contributed by atoms with E-state index in [1.54, 1.807) is 30.9 Å². The SMILES string of the molecule is O=C(c1ccccn1)N1CCO[C@@]2(CCCN(c3cnccn3)C2)C1. The van der Waals surface area contributed by atoms with Crippen molar-refractivity contribution < 1.29 is 9.53 Å². The normalized spacial score (nSPS) is 23.7. The van der Waals surface area contributed by atoms with E-state index in [1.807, 2.05) is 17.0 Å². The van der Waals surface area contributed by atoms with Crippen LogP contribution in [0.4, 0.5) is 5.82 Å². The van der Waals surface area contributed by atoms with Crippen LogP contribution in [-0.4, -0.2) is 64.1 Å². The highest BCUT2D eigenvalue weighted by molar-refractivity contribution is 5.92. The van der Waals surface area contributed by atoms with Gasteiger partial charge < -0.3 is 14.5 Å². The lowest BCUT2D eigenvalue weighted by Gasteiger charge is -2.48. The zero-order chi connectivity index (χ0) is 17.1. The molecule has 0 aliphatic carbocycles. The Balaban J connectivity index is 1.51. The maximum atomic E-state index is 12.7. The molecule has 1 amide bonds. The van der Waals surface area contributed by atoms with Crippen molar-refractivity contribution in [3.8, 4) is 0 Å². The van der Waals surface area contributed by atoms with E-state index in [-0.39, 0.29) is 11.5 Å². The molecule has 2 fully saturated rings. The third-order valence-electron chi connectivity index (χ3n) is 4.83. The molecular formula is C18H21N5O2. The van der Waals surface area contributed by atoms with Gasteiger partial charge in [0.15, 0.2) is 0 Å². The minimum atomic E-state index is -0.349. The minimum Gasteiger partial charge on any atom is -0.369 e. The summed E-state index contributed by atoms with van der Waals surface area (Å²) in [7, 11) is 0. The van der Waals surface area contributed by atoms with E-state index in [2.05, 4.69) is 19.9 Å². The maximum absolute atomic E-state index is 12.7. The van der Waals surface area contributed by atoms with Gasteiger partial charge in [0.2, 0.25) is 0 Å². The van der Waals surface area contributed by atoms with Crippen LogP contribution in [0.3, 0.4) is 0 Å². The molecule has 4 heterocycles. The molecule has 0 unspecified atom stereocenters. The number of rotatable bonds is 2. The van der Waals surface area contributed by atoms with Crippen LogP contribution < -0.4 is 4.90 Å². The van der Waals surface area contributed by atoms with E-state index in [9.17, 15) is 4.79 Å². The Bertz CT molecular complexity index is 723. The molecule has 1 atom stereocenters. The van der Waals surface area contributed by atoms with Gasteiger partial charge in [0.1, 0.15) is 17.1 Å². The average molecular weight is 339 g/mol. The fourth-order valence-electron chi connectivity index (χ4n) is 3.66. The molecule has 2 saturated heterocycles. The van der Waals surface area contributed by atoms with E-state index in [0.29, 0.717) is 25.4 Å². The Kier molecular flexibility index (Phi) is 4.31. The third-order valence-corrected chi connectivity index (χ3v) is 4.83. The number of aromatic nitrogens is 3. The molecule has 25 heavy (non-hydrogen) atoms. The van der Waals surface area contributed by atoms with Gasteiger partial charge in [-0.2, -0.15) is 0 Å². The molecule has 0 aromatic carbocycles. The second kappa shape index (κ2) is 6.76. The van der Waals surface area contributed by atoms with Gasteiger partial charge >= 0.3 is 0 Å². The van der Waals surface area contributed by atoms with Crippen molar-refractivity contribution in [3.05, 3.63) is 48.7 Å². The molecular weight excluding hydrogens is 318 g/mol. The number of hydrogen-bond acceptors (Lipinski definition) is 6. The molecule has 130 valence electrons. The molecule has 2 aliphatic heterocycles. The number of nitrogens with zero attached hydrogens (tertiary/aromatic N) is 5. The Hall–Kier alpha value is -2.54. The number of morpholine rings is 1. The van der Waals surface area contributed by atoms with Crippen molar-refractivity contribution in [1.82, 2.24) is 19.9 Å². The van der Waals surface area contributed by atoms with Crippen molar-refractivity contribution in [2.24, 2.45) is 0 Å². The molecule has 4 rings (SSSR count). The van der Waals surface area contributed by atoms with Gasteiger partial charge in [-0.05, 0) is 25.0 Å². The quantitative estimate of drug-likeness (QED) is 0.823. The van der Waals surface area contributed by atoms with Gasteiger partial charge in [-0.1, -0.05) is 6.07 Å². The predicted molar refractivity (Wildman–Crippen MR) is 92.3 cm³/mol. The van der Waals surface area contributed by atoms with Crippen molar-refractivity contribution in [3.63, 3.8) is 0 Å². The lowest BCUT2D eigenvalue weighted by Crippen LogP contribution is -2.61. The smallest absolute Gasteiger partial charge is 0.272 e. The monoisotopic (exact) mass is 339 g/mol. The Morgan fingerprint density at radius 1 is 1.12 bits per heavy atom. The van der Waals surface area contributed by atoms with Gasteiger partial charge in [-0.25, -0.2) is 4.98 Å². The molecule has 7 nitrogen and oxygen atoms in total. The molecule has 2 aromatic heterocycles.